The van der Waals surface area contributed by atoms with E-state index >= 15 is 0 Å². The number of aryl methyl sites for hydroxylation is 1. The molecule has 0 heterocycles. The first-order chi connectivity index (χ1) is 7.72. The van der Waals surface area contributed by atoms with Crippen molar-refractivity contribution in [1.82, 2.24) is 0 Å². The Hall–Kier alpha value is -1.47. The maximum absolute atomic E-state index is 4.37. The highest BCUT2D eigenvalue weighted by Crippen LogP contribution is 2.25. The van der Waals surface area contributed by atoms with E-state index in [1.165, 1.54) is 27.1 Å². The van der Waals surface area contributed by atoms with E-state index in [0.29, 0.717) is 0 Å². The Morgan fingerprint density at radius 1 is 0.688 bits per heavy atom. The molecule has 3 rings (SSSR count). The number of thiol groups is 1. The second-order valence-electron chi connectivity index (χ2n) is 4.23. The van der Waals surface area contributed by atoms with Gasteiger partial charge in [0, 0.05) is 4.90 Å². The molecule has 0 saturated carbocycles. The zero-order chi connectivity index (χ0) is 11.1. The van der Waals surface area contributed by atoms with Crippen LogP contribution in [0.3, 0.4) is 0 Å². The van der Waals surface area contributed by atoms with Crippen molar-refractivity contribution in [3.63, 3.8) is 0 Å². The lowest BCUT2D eigenvalue weighted by Crippen LogP contribution is -1.78. The quantitative estimate of drug-likeness (QED) is 0.419. The van der Waals surface area contributed by atoms with E-state index in [1.807, 2.05) is 6.07 Å². The lowest BCUT2D eigenvalue weighted by Gasteiger charge is -2.04. The van der Waals surface area contributed by atoms with Crippen LogP contribution in [0, 0.1) is 6.92 Å². The molecule has 0 saturated heterocycles. The molecule has 0 aliphatic carbocycles. The fourth-order valence-electron chi connectivity index (χ4n) is 2.10. The van der Waals surface area contributed by atoms with Crippen LogP contribution in [-0.4, -0.2) is 0 Å². The van der Waals surface area contributed by atoms with Crippen molar-refractivity contribution in [2.24, 2.45) is 0 Å². The fourth-order valence-corrected chi connectivity index (χ4v) is 2.32. The first-order valence-electron chi connectivity index (χ1n) is 5.35. The molecule has 0 atom stereocenters. The van der Waals surface area contributed by atoms with Gasteiger partial charge in [0.2, 0.25) is 0 Å². The highest BCUT2D eigenvalue weighted by Gasteiger charge is 1.98. The summed E-state index contributed by atoms with van der Waals surface area (Å²) in [4.78, 5) is 1.01. The van der Waals surface area contributed by atoms with Crippen LogP contribution in [0.5, 0.6) is 0 Å². The Bertz CT molecular complexity index is 622. The average Bonchev–Trinajstić information content (AvgIpc) is 2.26. The van der Waals surface area contributed by atoms with Crippen molar-refractivity contribution in [3.05, 3.63) is 54.1 Å². The standard InChI is InChI=1S/C15H12S/c1-10-2-3-11-8-14-9-15(16)5-4-12(14)7-13(11)6-10/h2-9,16H,1H3. The minimum Gasteiger partial charge on any atom is -0.143 e. The molecule has 0 fully saturated rings. The van der Waals surface area contributed by atoms with Crippen molar-refractivity contribution in [1.29, 1.82) is 0 Å². The highest BCUT2D eigenvalue weighted by molar-refractivity contribution is 7.80. The Labute approximate surface area is 100 Å². The van der Waals surface area contributed by atoms with Gasteiger partial charge in [0.1, 0.15) is 0 Å². The Morgan fingerprint density at radius 3 is 2.06 bits per heavy atom. The number of benzene rings is 3. The van der Waals surface area contributed by atoms with Crippen LogP contribution in [0.2, 0.25) is 0 Å². The van der Waals surface area contributed by atoms with Gasteiger partial charge in [-0.1, -0.05) is 29.8 Å². The summed E-state index contributed by atoms with van der Waals surface area (Å²) in [6.07, 6.45) is 0. The summed E-state index contributed by atoms with van der Waals surface area (Å²) in [6, 6.07) is 17.3. The molecule has 0 N–H and O–H groups in total. The van der Waals surface area contributed by atoms with Gasteiger partial charge in [-0.05, 0) is 52.7 Å². The molecule has 3 aromatic carbocycles. The normalized spacial score (nSPS) is 11.1. The van der Waals surface area contributed by atoms with E-state index in [2.05, 4.69) is 62.0 Å². The molecule has 16 heavy (non-hydrogen) atoms. The van der Waals surface area contributed by atoms with Crippen LogP contribution in [0.4, 0.5) is 0 Å². The molecule has 0 aliphatic heterocycles. The summed E-state index contributed by atoms with van der Waals surface area (Å²) >= 11 is 4.37. The Morgan fingerprint density at radius 2 is 1.31 bits per heavy atom. The van der Waals surface area contributed by atoms with Crippen LogP contribution in [0.25, 0.3) is 21.5 Å². The average molecular weight is 224 g/mol. The molecule has 0 aliphatic rings. The smallest absolute Gasteiger partial charge is 0.00463 e. The number of rotatable bonds is 0. The molecular formula is C15H12S. The summed E-state index contributed by atoms with van der Waals surface area (Å²) in [7, 11) is 0. The summed E-state index contributed by atoms with van der Waals surface area (Å²) in [5, 5.41) is 5.12. The van der Waals surface area contributed by atoms with Crippen molar-refractivity contribution in [2.75, 3.05) is 0 Å². The predicted octanol–water partition coefficient (Wildman–Crippen LogP) is 4.59. The van der Waals surface area contributed by atoms with Crippen LogP contribution >= 0.6 is 12.6 Å². The second kappa shape index (κ2) is 3.53. The Kier molecular flexibility index (Phi) is 2.15. The minimum absolute atomic E-state index is 1.01. The molecular weight excluding hydrogens is 212 g/mol. The highest BCUT2D eigenvalue weighted by atomic mass is 32.1. The summed E-state index contributed by atoms with van der Waals surface area (Å²) < 4.78 is 0. The molecule has 0 amide bonds. The fraction of sp³-hybridized carbons (Fsp3) is 0.0667. The van der Waals surface area contributed by atoms with Gasteiger partial charge in [-0.25, -0.2) is 0 Å². The van der Waals surface area contributed by atoms with E-state index in [0.717, 1.165) is 4.90 Å². The maximum Gasteiger partial charge on any atom is 0.00463 e. The lowest BCUT2D eigenvalue weighted by atomic mass is 10.0. The number of hydrogen-bond donors (Lipinski definition) is 1. The molecule has 0 aromatic heterocycles. The van der Waals surface area contributed by atoms with Crippen LogP contribution in [0.15, 0.2) is 53.4 Å². The Balaban J connectivity index is 2.44. The lowest BCUT2D eigenvalue weighted by molar-refractivity contribution is 1.50. The third kappa shape index (κ3) is 1.57. The first kappa shape index (κ1) is 9.73. The first-order valence-corrected chi connectivity index (χ1v) is 5.80. The van der Waals surface area contributed by atoms with E-state index in [9.17, 15) is 0 Å². The van der Waals surface area contributed by atoms with Gasteiger partial charge >= 0.3 is 0 Å². The van der Waals surface area contributed by atoms with Gasteiger partial charge in [-0.2, -0.15) is 0 Å². The topological polar surface area (TPSA) is 0 Å². The monoisotopic (exact) mass is 224 g/mol. The molecule has 0 spiro atoms. The van der Waals surface area contributed by atoms with Crippen LogP contribution in [0.1, 0.15) is 5.56 Å². The summed E-state index contributed by atoms with van der Waals surface area (Å²) in [6.45, 7) is 2.13. The second-order valence-corrected chi connectivity index (χ2v) is 4.75. The van der Waals surface area contributed by atoms with Crippen molar-refractivity contribution in [3.8, 4) is 0 Å². The third-order valence-electron chi connectivity index (χ3n) is 2.93. The minimum atomic E-state index is 1.01. The van der Waals surface area contributed by atoms with Crippen molar-refractivity contribution < 1.29 is 0 Å². The van der Waals surface area contributed by atoms with E-state index in [1.54, 1.807) is 0 Å². The largest absolute Gasteiger partial charge is 0.143 e. The maximum atomic E-state index is 4.37. The van der Waals surface area contributed by atoms with E-state index in [4.69, 9.17) is 0 Å². The molecule has 78 valence electrons. The number of hydrogen-bond acceptors (Lipinski definition) is 1. The zero-order valence-corrected chi connectivity index (χ0v) is 9.96. The third-order valence-corrected chi connectivity index (χ3v) is 3.21. The zero-order valence-electron chi connectivity index (χ0n) is 9.07. The van der Waals surface area contributed by atoms with Crippen LogP contribution < -0.4 is 0 Å². The predicted molar refractivity (Wildman–Crippen MR) is 73.4 cm³/mol. The van der Waals surface area contributed by atoms with Gasteiger partial charge < -0.3 is 0 Å². The van der Waals surface area contributed by atoms with Gasteiger partial charge in [0.05, 0.1) is 0 Å². The molecule has 1 heteroatoms. The summed E-state index contributed by atoms with van der Waals surface area (Å²) in [5.41, 5.74) is 1.30. The SMILES string of the molecule is Cc1ccc2cc3cc(S)ccc3cc2c1. The van der Waals surface area contributed by atoms with Crippen molar-refractivity contribution in [2.45, 2.75) is 11.8 Å². The molecule has 0 unspecified atom stereocenters. The molecule has 3 aromatic rings. The molecule has 0 nitrogen and oxygen atoms in total. The van der Waals surface area contributed by atoms with Gasteiger partial charge in [-0.3, -0.25) is 0 Å². The number of fused-ring (bicyclic) bond motifs is 2. The van der Waals surface area contributed by atoms with Gasteiger partial charge in [0.25, 0.3) is 0 Å². The van der Waals surface area contributed by atoms with Gasteiger partial charge in [-0.15, -0.1) is 12.6 Å². The van der Waals surface area contributed by atoms with E-state index < -0.39 is 0 Å². The molecule has 0 bridgehead atoms. The molecule has 0 radical (unpaired) electrons. The van der Waals surface area contributed by atoms with Gasteiger partial charge in [0.15, 0.2) is 0 Å². The summed E-state index contributed by atoms with van der Waals surface area (Å²) in [5.74, 6) is 0. The van der Waals surface area contributed by atoms with Crippen molar-refractivity contribution >= 4 is 34.2 Å². The van der Waals surface area contributed by atoms with Crippen LogP contribution in [-0.2, 0) is 0 Å². The van der Waals surface area contributed by atoms with E-state index in [-0.39, 0.29) is 0 Å².